The second-order valence-electron chi connectivity index (χ2n) is 8.03. The Bertz CT molecular complexity index is 1230. The van der Waals surface area contributed by atoms with Crippen molar-refractivity contribution in [2.75, 3.05) is 31.0 Å². The van der Waals surface area contributed by atoms with Crippen molar-refractivity contribution in [2.24, 2.45) is 0 Å². The molecule has 11 heteroatoms. The number of anilines is 1. The largest absolute Gasteiger partial charge is 0.506 e. The van der Waals surface area contributed by atoms with E-state index in [1.54, 1.807) is 18.2 Å². The highest BCUT2D eigenvalue weighted by Gasteiger charge is 2.16. The molecule has 3 aromatic carbocycles. The summed E-state index contributed by atoms with van der Waals surface area (Å²) in [5, 5.41) is 32.9. The van der Waals surface area contributed by atoms with Gasteiger partial charge in [-0.2, -0.15) is 0 Å². The summed E-state index contributed by atoms with van der Waals surface area (Å²) in [6, 6.07) is 14.5. The summed E-state index contributed by atoms with van der Waals surface area (Å²) >= 11 is 4.13. The van der Waals surface area contributed by atoms with E-state index in [0.717, 1.165) is 21.0 Å². The molecule has 192 valence electrons. The van der Waals surface area contributed by atoms with Crippen LogP contribution < -0.4 is 14.4 Å². The highest BCUT2D eigenvalue weighted by atomic mass is 35.5. The summed E-state index contributed by atoms with van der Waals surface area (Å²) < 4.78 is 27.3. The molecule has 0 saturated carbocycles. The number of aliphatic hydroxyl groups is 1. The number of carbonyl (C=O) groups is 1. The van der Waals surface area contributed by atoms with E-state index in [4.69, 9.17) is 21.4 Å². The third-order valence-corrected chi connectivity index (χ3v) is 6.46. The number of benzene rings is 3. The Morgan fingerprint density at radius 3 is 2.44 bits per heavy atom. The second-order valence-corrected chi connectivity index (χ2v) is 9.45. The van der Waals surface area contributed by atoms with Gasteiger partial charge in [0.05, 0.1) is 22.4 Å². The van der Waals surface area contributed by atoms with Gasteiger partial charge in [-0.15, -0.1) is 0 Å². The predicted octanol–water partition coefficient (Wildman–Crippen LogP) is 3.99. The van der Waals surface area contributed by atoms with Crippen molar-refractivity contribution >= 4 is 34.5 Å². The first-order valence-electron chi connectivity index (χ1n) is 10.9. The first-order chi connectivity index (χ1) is 17.1. The molecule has 2 atom stereocenters. The molecule has 0 heterocycles. The molecule has 0 aliphatic carbocycles. The number of carboxylic acid groups (broad SMARTS) is 1. The van der Waals surface area contributed by atoms with Crippen molar-refractivity contribution in [3.8, 4) is 22.6 Å². The topological polar surface area (TPSA) is 140 Å². The maximum atomic E-state index is 11.3. The van der Waals surface area contributed by atoms with Gasteiger partial charge in [-0.05, 0) is 65.6 Å². The van der Waals surface area contributed by atoms with Crippen LogP contribution in [0.5, 0.6) is 11.5 Å². The molecule has 0 saturated heterocycles. The first kappa shape index (κ1) is 27.4. The molecule has 9 nitrogen and oxygen atoms in total. The summed E-state index contributed by atoms with van der Waals surface area (Å²) in [4.78, 5) is 11.0. The highest BCUT2D eigenvalue weighted by molar-refractivity contribution is 7.80. The zero-order chi connectivity index (χ0) is 26.4. The number of hydrogen-bond donors (Lipinski definition) is 5. The number of carboxylic acids is 1. The van der Waals surface area contributed by atoms with Gasteiger partial charge >= 0.3 is 5.97 Å². The number of nitrogens with zero attached hydrogens (tertiary/aromatic N) is 1. The highest BCUT2D eigenvalue weighted by Crippen LogP contribution is 2.34. The number of phenolic OH excluding ortho intramolecular Hbond substituents is 1. The second kappa shape index (κ2) is 12.2. The van der Waals surface area contributed by atoms with Crippen LogP contribution in [0.2, 0.25) is 5.02 Å². The van der Waals surface area contributed by atoms with Gasteiger partial charge in [-0.25, -0.2) is 9.00 Å². The van der Waals surface area contributed by atoms with E-state index in [1.807, 2.05) is 13.0 Å². The Morgan fingerprint density at radius 2 is 1.83 bits per heavy atom. The fourth-order valence-corrected chi connectivity index (χ4v) is 4.19. The summed E-state index contributed by atoms with van der Waals surface area (Å²) in [5.74, 6) is -0.624. The number of aromatic hydroxyl groups is 1. The van der Waals surface area contributed by atoms with Crippen LogP contribution in [-0.2, 0) is 11.3 Å². The minimum Gasteiger partial charge on any atom is -0.506 e. The molecule has 0 amide bonds. The van der Waals surface area contributed by atoms with Crippen LogP contribution in [0.4, 0.5) is 5.69 Å². The lowest BCUT2D eigenvalue weighted by Crippen LogP contribution is -2.26. The van der Waals surface area contributed by atoms with Crippen LogP contribution in [0, 0.1) is 6.92 Å². The molecule has 0 aliphatic heterocycles. The number of hydrogen-bond acceptors (Lipinski definition) is 6. The molecule has 3 aromatic rings. The van der Waals surface area contributed by atoms with Gasteiger partial charge in [-0.1, -0.05) is 29.8 Å². The van der Waals surface area contributed by atoms with Gasteiger partial charge in [0.1, 0.15) is 18.1 Å². The van der Waals surface area contributed by atoms with Gasteiger partial charge in [0.25, 0.3) is 11.3 Å². The smallest absolute Gasteiger partial charge is 0.335 e. The summed E-state index contributed by atoms with van der Waals surface area (Å²) in [5.41, 5.74) is 3.30. The fourth-order valence-electron chi connectivity index (χ4n) is 3.55. The molecule has 0 aliphatic rings. The lowest BCUT2D eigenvalue weighted by atomic mass is 10.0. The minimum absolute atomic E-state index is 0.127. The zero-order valence-corrected chi connectivity index (χ0v) is 21.2. The summed E-state index contributed by atoms with van der Waals surface area (Å²) in [6.07, 6.45) is -0.915. The maximum Gasteiger partial charge on any atom is 0.335 e. The van der Waals surface area contributed by atoms with E-state index in [2.05, 4.69) is 5.32 Å². The third-order valence-electron chi connectivity index (χ3n) is 5.52. The maximum absolute atomic E-state index is 11.3. The molecule has 0 bridgehead atoms. The number of rotatable bonds is 11. The van der Waals surface area contributed by atoms with E-state index < -0.39 is 23.3 Å². The number of phenols is 1. The first-order valence-corrected chi connectivity index (χ1v) is 12.4. The predicted molar refractivity (Wildman–Crippen MR) is 139 cm³/mol. The van der Waals surface area contributed by atoms with Gasteiger partial charge in [0.15, 0.2) is 0 Å². The molecule has 3 rings (SSSR count). The van der Waals surface area contributed by atoms with Crippen LogP contribution in [-0.4, -0.2) is 56.8 Å². The van der Waals surface area contributed by atoms with Gasteiger partial charge in [0, 0.05) is 20.1 Å². The number of ether oxygens (including phenoxy) is 1. The van der Waals surface area contributed by atoms with E-state index >= 15 is 0 Å². The number of halogens is 1. The van der Waals surface area contributed by atoms with Gasteiger partial charge in [0.2, 0.25) is 0 Å². The van der Waals surface area contributed by atoms with Crippen LogP contribution in [0.25, 0.3) is 11.1 Å². The quantitative estimate of drug-likeness (QED) is 0.184. The molecule has 0 radical (unpaired) electrons. The molecular weight excluding hydrogens is 508 g/mol. The van der Waals surface area contributed by atoms with Crippen molar-refractivity contribution in [3.63, 3.8) is 0 Å². The van der Waals surface area contributed by atoms with Crippen molar-refractivity contribution in [3.05, 3.63) is 76.3 Å². The van der Waals surface area contributed by atoms with Crippen molar-refractivity contribution < 1.29 is 33.6 Å². The standard InChI is InChI=1S/C25H27ClN2O7S/c1-15-11-19(16-3-5-17(6-4-16)25(31)32)12-20(26)24(15)35-10-9-27-14-23(30)18-7-8-22(29)21(13-18)28(2)36(33)34/h3-8,11-13,23,27,29-30H,9-10,14H2,1-2H3,(H,31,32)(H,33,34). The van der Waals surface area contributed by atoms with E-state index in [0.29, 0.717) is 22.9 Å². The van der Waals surface area contributed by atoms with Crippen LogP contribution in [0.3, 0.4) is 0 Å². The van der Waals surface area contributed by atoms with Gasteiger partial charge < -0.3 is 25.4 Å². The summed E-state index contributed by atoms with van der Waals surface area (Å²) in [6.45, 7) is 2.76. The lowest BCUT2D eigenvalue weighted by molar-refractivity contribution is 0.0697. The number of aromatic carboxylic acids is 1. The third kappa shape index (κ3) is 6.74. The van der Waals surface area contributed by atoms with Crippen molar-refractivity contribution in [1.29, 1.82) is 0 Å². The minimum atomic E-state index is -2.31. The molecule has 0 aromatic heterocycles. The van der Waals surface area contributed by atoms with Crippen LogP contribution in [0.15, 0.2) is 54.6 Å². The normalized spacial score (nSPS) is 12.7. The molecular formula is C25H27ClN2O7S. The number of aryl methyl sites for hydroxylation is 1. The zero-order valence-electron chi connectivity index (χ0n) is 19.6. The molecule has 0 fully saturated rings. The number of aliphatic hydroxyl groups excluding tert-OH is 1. The monoisotopic (exact) mass is 534 g/mol. The SMILES string of the molecule is Cc1cc(-c2ccc(C(=O)O)cc2)cc(Cl)c1OCCNCC(O)c1ccc(O)c(N(C)S(=O)O)c1. The average molecular weight is 535 g/mol. The molecule has 0 spiro atoms. The van der Waals surface area contributed by atoms with Crippen LogP contribution in [0.1, 0.15) is 27.6 Å². The molecule has 5 N–H and O–H groups in total. The Hall–Kier alpha value is -3.15. The summed E-state index contributed by atoms with van der Waals surface area (Å²) in [7, 11) is 1.35. The Labute approximate surface area is 216 Å². The van der Waals surface area contributed by atoms with Gasteiger partial charge in [-0.3, -0.25) is 8.86 Å². The molecule has 2 unspecified atom stereocenters. The van der Waals surface area contributed by atoms with E-state index in [9.17, 15) is 23.8 Å². The Balaban J connectivity index is 1.54. The van der Waals surface area contributed by atoms with E-state index in [1.165, 1.54) is 37.4 Å². The van der Waals surface area contributed by atoms with Crippen LogP contribution >= 0.6 is 11.6 Å². The fraction of sp³-hybridized carbons (Fsp3) is 0.240. The van der Waals surface area contributed by atoms with Crippen molar-refractivity contribution in [1.82, 2.24) is 5.32 Å². The Morgan fingerprint density at radius 1 is 1.14 bits per heavy atom. The number of nitrogens with one attached hydrogen (secondary N) is 1. The van der Waals surface area contributed by atoms with Crippen molar-refractivity contribution in [2.45, 2.75) is 13.0 Å². The van der Waals surface area contributed by atoms with E-state index in [-0.39, 0.29) is 30.2 Å². The lowest BCUT2D eigenvalue weighted by Gasteiger charge is -2.19. The Kier molecular flexibility index (Phi) is 9.30. The molecule has 36 heavy (non-hydrogen) atoms. The average Bonchev–Trinajstić information content (AvgIpc) is 2.84.